The van der Waals surface area contributed by atoms with E-state index >= 15 is 0 Å². The molecule has 0 spiro atoms. The molecule has 0 fully saturated rings. The zero-order valence-electron chi connectivity index (χ0n) is 11.0. The Morgan fingerprint density at radius 1 is 1.10 bits per heavy atom. The number of rotatable bonds is 5. The zero-order valence-corrected chi connectivity index (χ0v) is 11.8. The minimum Gasteiger partial charge on any atom is -0.543 e. The minimum atomic E-state index is -1.43. The van der Waals surface area contributed by atoms with E-state index in [0.717, 1.165) is 10.4 Å². The van der Waals surface area contributed by atoms with Crippen molar-refractivity contribution in [1.82, 2.24) is 5.32 Å². The van der Waals surface area contributed by atoms with Gasteiger partial charge in [-0.2, -0.15) is 0 Å². The van der Waals surface area contributed by atoms with Crippen molar-refractivity contribution in [2.24, 2.45) is 0 Å². The number of carbonyl (C=O) groups is 2. The first kappa shape index (κ1) is 14.7. The molecular weight excluding hydrogens is 286 g/mol. The average Bonchev–Trinajstić information content (AvgIpc) is 2.98. The molecule has 1 aromatic carbocycles. The predicted molar refractivity (Wildman–Crippen MR) is 80.9 cm³/mol. The quantitative estimate of drug-likeness (QED) is 0.854. The first-order valence-corrected chi connectivity index (χ1v) is 7.04. The van der Waals surface area contributed by atoms with Crippen LogP contribution < -0.4 is 10.4 Å². The molecule has 5 heteroatoms. The Hall–Kier alpha value is -2.66. The number of carboxylic acids is 1. The Bertz CT molecular complexity index is 673. The standard InChI is InChI=1S/C16H13NO3S/c18-15(9-8-12-5-2-1-3-6-12)17-14(16(19)20)11-13-7-4-10-21-13/h1-11H,(H,17,18)(H,19,20)/p-1/b9-8+,14-11+. The third kappa shape index (κ3) is 4.74. The Kier molecular flexibility index (Phi) is 5.06. The van der Waals surface area contributed by atoms with Crippen molar-refractivity contribution in [2.45, 2.75) is 0 Å². The van der Waals surface area contributed by atoms with Crippen LogP contribution in [-0.4, -0.2) is 11.9 Å². The van der Waals surface area contributed by atoms with Crippen LogP contribution >= 0.6 is 11.3 Å². The third-order valence-corrected chi connectivity index (χ3v) is 3.35. The summed E-state index contributed by atoms with van der Waals surface area (Å²) in [4.78, 5) is 23.5. The fraction of sp³-hybridized carbons (Fsp3) is 0. The molecule has 2 rings (SSSR count). The van der Waals surface area contributed by atoms with E-state index in [1.165, 1.54) is 23.5 Å². The Morgan fingerprint density at radius 3 is 2.48 bits per heavy atom. The predicted octanol–water partition coefficient (Wildman–Crippen LogP) is 1.67. The van der Waals surface area contributed by atoms with Gasteiger partial charge >= 0.3 is 0 Å². The van der Waals surface area contributed by atoms with E-state index in [1.54, 1.807) is 18.2 Å². The fourth-order valence-corrected chi connectivity index (χ4v) is 2.23. The highest BCUT2D eigenvalue weighted by Gasteiger charge is 2.03. The van der Waals surface area contributed by atoms with Crippen LogP contribution in [0.1, 0.15) is 10.4 Å². The van der Waals surface area contributed by atoms with Crippen LogP contribution in [0.2, 0.25) is 0 Å². The summed E-state index contributed by atoms with van der Waals surface area (Å²) in [5, 5.41) is 15.1. The molecule has 21 heavy (non-hydrogen) atoms. The highest BCUT2D eigenvalue weighted by Crippen LogP contribution is 2.12. The van der Waals surface area contributed by atoms with E-state index in [4.69, 9.17) is 0 Å². The Balaban J connectivity index is 2.06. The van der Waals surface area contributed by atoms with E-state index in [1.807, 2.05) is 35.7 Å². The number of nitrogens with one attached hydrogen (secondary N) is 1. The van der Waals surface area contributed by atoms with E-state index in [2.05, 4.69) is 5.32 Å². The number of aliphatic carboxylic acids is 1. The molecule has 2 aromatic rings. The molecule has 0 aliphatic carbocycles. The van der Waals surface area contributed by atoms with Crippen LogP contribution in [0, 0.1) is 0 Å². The van der Waals surface area contributed by atoms with Gasteiger partial charge < -0.3 is 15.2 Å². The molecule has 0 radical (unpaired) electrons. The molecule has 0 saturated carbocycles. The van der Waals surface area contributed by atoms with Gasteiger partial charge in [0.1, 0.15) is 0 Å². The Labute approximate surface area is 126 Å². The van der Waals surface area contributed by atoms with Gasteiger partial charge in [-0.3, -0.25) is 4.79 Å². The summed E-state index contributed by atoms with van der Waals surface area (Å²) < 4.78 is 0. The summed E-state index contributed by atoms with van der Waals surface area (Å²) in [6.07, 6.45) is 4.25. The van der Waals surface area contributed by atoms with Crippen molar-refractivity contribution < 1.29 is 14.7 Å². The monoisotopic (exact) mass is 298 g/mol. The minimum absolute atomic E-state index is 0.264. The smallest absolute Gasteiger partial charge is 0.248 e. The van der Waals surface area contributed by atoms with Gasteiger partial charge in [0.2, 0.25) is 5.91 Å². The molecule has 1 amide bonds. The summed E-state index contributed by atoms with van der Waals surface area (Å²) in [5.74, 6) is -1.95. The van der Waals surface area contributed by atoms with Crippen LogP contribution in [0.4, 0.5) is 0 Å². The molecule has 0 aliphatic rings. The van der Waals surface area contributed by atoms with Crippen LogP contribution in [0.5, 0.6) is 0 Å². The van der Waals surface area contributed by atoms with Gasteiger partial charge in [-0.1, -0.05) is 36.4 Å². The van der Waals surface area contributed by atoms with E-state index in [9.17, 15) is 14.7 Å². The number of carboxylic acid groups (broad SMARTS) is 1. The third-order valence-electron chi connectivity index (χ3n) is 2.53. The lowest BCUT2D eigenvalue weighted by atomic mass is 10.2. The molecule has 1 heterocycles. The van der Waals surface area contributed by atoms with Crippen LogP contribution in [0.3, 0.4) is 0 Å². The first-order valence-electron chi connectivity index (χ1n) is 6.16. The molecule has 0 unspecified atom stereocenters. The molecule has 1 aromatic heterocycles. The summed E-state index contributed by atoms with van der Waals surface area (Å²) in [6.45, 7) is 0. The summed E-state index contributed by atoms with van der Waals surface area (Å²) in [7, 11) is 0. The van der Waals surface area contributed by atoms with Crippen molar-refractivity contribution in [1.29, 1.82) is 0 Å². The lowest BCUT2D eigenvalue weighted by Gasteiger charge is -2.08. The highest BCUT2D eigenvalue weighted by atomic mass is 32.1. The van der Waals surface area contributed by atoms with Gasteiger partial charge in [-0.15, -0.1) is 11.3 Å². The first-order chi connectivity index (χ1) is 10.1. The van der Waals surface area contributed by atoms with E-state index in [0.29, 0.717) is 0 Å². The molecule has 1 N–H and O–H groups in total. The van der Waals surface area contributed by atoms with Crippen molar-refractivity contribution in [3.8, 4) is 0 Å². The number of amides is 1. The van der Waals surface area contributed by atoms with E-state index < -0.39 is 11.9 Å². The van der Waals surface area contributed by atoms with Crippen molar-refractivity contribution in [2.75, 3.05) is 0 Å². The maximum atomic E-state index is 11.7. The number of hydrogen-bond donors (Lipinski definition) is 1. The lowest BCUT2D eigenvalue weighted by molar-refractivity contribution is -0.299. The summed E-state index contributed by atoms with van der Waals surface area (Å²) in [5.41, 5.74) is 0.588. The second-order valence-electron chi connectivity index (χ2n) is 4.09. The number of thiophene rings is 1. The van der Waals surface area contributed by atoms with Gasteiger partial charge in [-0.25, -0.2) is 0 Å². The fourth-order valence-electron chi connectivity index (χ4n) is 1.57. The normalized spacial score (nSPS) is 11.5. The SMILES string of the molecule is O=C(/C=C/c1ccccc1)N/C(=C/c1cccs1)C(=O)[O-]. The van der Waals surface area contributed by atoms with Gasteiger partial charge in [-0.05, 0) is 29.2 Å². The highest BCUT2D eigenvalue weighted by molar-refractivity contribution is 7.10. The van der Waals surface area contributed by atoms with E-state index in [-0.39, 0.29) is 5.70 Å². The number of benzene rings is 1. The maximum Gasteiger partial charge on any atom is 0.248 e. The Morgan fingerprint density at radius 2 is 1.86 bits per heavy atom. The topological polar surface area (TPSA) is 69.2 Å². The second-order valence-corrected chi connectivity index (χ2v) is 5.07. The number of hydrogen-bond acceptors (Lipinski definition) is 4. The van der Waals surface area contributed by atoms with Crippen LogP contribution in [-0.2, 0) is 9.59 Å². The van der Waals surface area contributed by atoms with Gasteiger partial charge in [0, 0.05) is 11.0 Å². The lowest BCUT2D eigenvalue weighted by Crippen LogP contribution is -2.34. The van der Waals surface area contributed by atoms with Crippen molar-refractivity contribution in [3.63, 3.8) is 0 Å². The number of carbonyl (C=O) groups excluding carboxylic acids is 2. The van der Waals surface area contributed by atoms with Gasteiger partial charge in [0.25, 0.3) is 0 Å². The molecule has 0 saturated heterocycles. The molecule has 0 aliphatic heterocycles. The molecule has 0 bridgehead atoms. The maximum absolute atomic E-state index is 11.7. The summed E-state index contributed by atoms with van der Waals surface area (Å²) >= 11 is 1.37. The van der Waals surface area contributed by atoms with Gasteiger partial charge in [0.15, 0.2) is 0 Å². The van der Waals surface area contributed by atoms with Crippen LogP contribution in [0.15, 0.2) is 59.6 Å². The second kappa shape index (κ2) is 7.21. The summed E-state index contributed by atoms with van der Waals surface area (Å²) in [6, 6.07) is 12.8. The largest absolute Gasteiger partial charge is 0.543 e. The average molecular weight is 298 g/mol. The van der Waals surface area contributed by atoms with Gasteiger partial charge in [0.05, 0.1) is 11.7 Å². The van der Waals surface area contributed by atoms with Crippen LogP contribution in [0.25, 0.3) is 12.2 Å². The van der Waals surface area contributed by atoms with Crippen molar-refractivity contribution in [3.05, 3.63) is 70.1 Å². The molecule has 106 valence electrons. The molecule has 4 nitrogen and oxygen atoms in total. The molecular formula is C16H12NO3S-. The van der Waals surface area contributed by atoms with Crippen molar-refractivity contribution >= 4 is 35.4 Å². The molecule has 0 atom stereocenters. The zero-order chi connectivity index (χ0) is 15.1.